The predicted molar refractivity (Wildman–Crippen MR) is 78.5 cm³/mol. The molecule has 104 valence electrons. The predicted octanol–water partition coefficient (Wildman–Crippen LogP) is 3.08. The molecular weight excluding hydrogens is 250 g/mol. The van der Waals surface area contributed by atoms with Crippen LogP contribution in [0.15, 0.2) is 30.6 Å². The van der Waals surface area contributed by atoms with Crippen molar-refractivity contribution in [3.63, 3.8) is 0 Å². The van der Waals surface area contributed by atoms with Crippen molar-refractivity contribution in [2.24, 2.45) is 0 Å². The van der Waals surface area contributed by atoms with Gasteiger partial charge in [-0.15, -0.1) is 0 Å². The summed E-state index contributed by atoms with van der Waals surface area (Å²) in [7, 11) is 0. The summed E-state index contributed by atoms with van der Waals surface area (Å²) >= 11 is 0. The summed E-state index contributed by atoms with van der Waals surface area (Å²) in [5.74, 6) is -0.0736. The minimum absolute atomic E-state index is 0.0736. The van der Waals surface area contributed by atoms with E-state index in [1.165, 1.54) is 32.0 Å². The molecule has 1 aliphatic carbocycles. The van der Waals surface area contributed by atoms with Gasteiger partial charge in [-0.3, -0.25) is 4.79 Å². The Kier molecular flexibility index (Phi) is 3.90. The highest BCUT2D eigenvalue weighted by atomic mass is 16.1. The molecule has 2 aromatic rings. The zero-order valence-electron chi connectivity index (χ0n) is 11.5. The molecule has 1 saturated carbocycles. The molecule has 0 aliphatic heterocycles. The molecule has 0 unspecified atom stereocenters. The van der Waals surface area contributed by atoms with Crippen molar-refractivity contribution in [2.75, 3.05) is 0 Å². The van der Waals surface area contributed by atoms with Crippen molar-refractivity contribution in [3.8, 4) is 0 Å². The van der Waals surface area contributed by atoms with Crippen LogP contribution >= 0.6 is 0 Å². The second kappa shape index (κ2) is 5.99. The van der Waals surface area contributed by atoms with Crippen LogP contribution < -0.4 is 5.32 Å². The van der Waals surface area contributed by atoms with Gasteiger partial charge >= 0.3 is 0 Å². The summed E-state index contributed by atoms with van der Waals surface area (Å²) in [6.07, 6.45) is 8.59. The van der Waals surface area contributed by atoms with E-state index in [0.717, 1.165) is 23.7 Å². The van der Waals surface area contributed by atoms with E-state index in [0.29, 0.717) is 11.7 Å². The van der Waals surface area contributed by atoms with Gasteiger partial charge in [-0.05, 0) is 18.9 Å². The minimum atomic E-state index is -0.0736. The molecule has 1 fully saturated rings. The Labute approximate surface area is 118 Å². The molecule has 4 nitrogen and oxygen atoms in total. The summed E-state index contributed by atoms with van der Waals surface area (Å²) in [6.45, 7) is 0. The fraction of sp³-hybridized carbons (Fsp3) is 0.438. The van der Waals surface area contributed by atoms with Gasteiger partial charge in [-0.2, -0.15) is 0 Å². The van der Waals surface area contributed by atoms with Crippen LogP contribution in [-0.2, 0) is 0 Å². The third-order valence-electron chi connectivity index (χ3n) is 3.95. The number of nitrogens with one attached hydrogen (secondary N) is 1. The van der Waals surface area contributed by atoms with Gasteiger partial charge in [-0.1, -0.05) is 43.9 Å². The van der Waals surface area contributed by atoms with E-state index in [1.807, 2.05) is 24.3 Å². The van der Waals surface area contributed by atoms with Gasteiger partial charge in [-0.25, -0.2) is 9.97 Å². The lowest BCUT2D eigenvalue weighted by Gasteiger charge is -2.16. The van der Waals surface area contributed by atoms with Crippen LogP contribution in [0.2, 0.25) is 0 Å². The summed E-state index contributed by atoms with van der Waals surface area (Å²) < 4.78 is 0. The maximum atomic E-state index is 12.4. The molecule has 4 heteroatoms. The zero-order chi connectivity index (χ0) is 13.8. The lowest BCUT2D eigenvalue weighted by molar-refractivity contribution is 0.0930. The summed E-state index contributed by atoms with van der Waals surface area (Å²) in [6, 6.07) is 7.92. The van der Waals surface area contributed by atoms with Crippen molar-refractivity contribution < 1.29 is 4.79 Å². The van der Waals surface area contributed by atoms with Crippen molar-refractivity contribution >= 4 is 16.8 Å². The van der Waals surface area contributed by atoms with Gasteiger partial charge in [0.1, 0.15) is 12.0 Å². The van der Waals surface area contributed by atoms with Crippen LogP contribution in [0.5, 0.6) is 0 Å². The first kappa shape index (κ1) is 13.0. The average Bonchev–Trinajstić information content (AvgIpc) is 2.75. The Morgan fingerprint density at radius 3 is 2.60 bits per heavy atom. The average molecular weight is 269 g/mol. The number of amides is 1. The monoisotopic (exact) mass is 269 g/mol. The largest absolute Gasteiger partial charge is 0.348 e. The van der Waals surface area contributed by atoms with E-state index in [9.17, 15) is 4.79 Å². The fourth-order valence-electron chi connectivity index (χ4n) is 2.86. The van der Waals surface area contributed by atoms with Crippen LogP contribution in [0.4, 0.5) is 0 Å². The molecule has 20 heavy (non-hydrogen) atoms. The molecule has 0 atom stereocenters. The van der Waals surface area contributed by atoms with Crippen molar-refractivity contribution in [1.82, 2.24) is 15.3 Å². The van der Waals surface area contributed by atoms with E-state index in [-0.39, 0.29) is 5.91 Å². The summed E-state index contributed by atoms with van der Waals surface area (Å²) in [5.41, 5.74) is 1.30. The molecule has 1 aromatic heterocycles. The number of carbonyl (C=O) groups excluding carboxylic acids is 1. The number of aromatic nitrogens is 2. The molecule has 0 saturated heterocycles. The molecule has 1 aromatic carbocycles. The van der Waals surface area contributed by atoms with Gasteiger partial charge in [0.15, 0.2) is 0 Å². The highest BCUT2D eigenvalue weighted by Crippen LogP contribution is 2.19. The topological polar surface area (TPSA) is 54.9 Å². The first-order chi connectivity index (χ1) is 9.84. The zero-order valence-corrected chi connectivity index (χ0v) is 11.5. The van der Waals surface area contributed by atoms with Crippen LogP contribution in [-0.4, -0.2) is 21.9 Å². The summed E-state index contributed by atoms with van der Waals surface area (Å²) in [5, 5.41) is 3.96. The van der Waals surface area contributed by atoms with E-state index in [4.69, 9.17) is 0 Å². The Bertz CT molecular complexity index is 598. The third-order valence-corrected chi connectivity index (χ3v) is 3.95. The fourth-order valence-corrected chi connectivity index (χ4v) is 2.86. The Morgan fingerprint density at radius 2 is 1.80 bits per heavy atom. The Balaban J connectivity index is 1.81. The van der Waals surface area contributed by atoms with E-state index < -0.39 is 0 Å². The highest BCUT2D eigenvalue weighted by Gasteiger charge is 2.18. The number of para-hydroxylation sites is 1. The van der Waals surface area contributed by atoms with E-state index in [2.05, 4.69) is 15.3 Å². The molecule has 1 amide bonds. The summed E-state index contributed by atoms with van der Waals surface area (Å²) in [4.78, 5) is 20.8. The quantitative estimate of drug-likeness (QED) is 0.852. The molecular formula is C16H19N3O. The van der Waals surface area contributed by atoms with Gasteiger partial charge in [0.25, 0.3) is 5.91 Å². The van der Waals surface area contributed by atoms with Gasteiger partial charge in [0.05, 0.1) is 5.52 Å². The standard InChI is InChI=1S/C16H19N3O/c20-16(19-12-7-3-1-2-4-8-12)15-13-9-5-6-10-14(13)17-11-18-15/h5-6,9-12H,1-4,7-8H2,(H,19,20). The molecule has 3 rings (SSSR count). The maximum Gasteiger partial charge on any atom is 0.270 e. The molecule has 1 heterocycles. The molecule has 1 N–H and O–H groups in total. The lowest BCUT2D eigenvalue weighted by Crippen LogP contribution is -2.35. The Hall–Kier alpha value is -1.97. The first-order valence-corrected chi connectivity index (χ1v) is 7.35. The van der Waals surface area contributed by atoms with Gasteiger partial charge < -0.3 is 5.32 Å². The molecule has 0 bridgehead atoms. The smallest absolute Gasteiger partial charge is 0.270 e. The van der Waals surface area contributed by atoms with Crippen LogP contribution in [0.3, 0.4) is 0 Å². The van der Waals surface area contributed by atoms with Crippen LogP contribution in [0.1, 0.15) is 49.0 Å². The van der Waals surface area contributed by atoms with Crippen molar-refractivity contribution in [2.45, 2.75) is 44.6 Å². The normalized spacial score (nSPS) is 16.8. The number of benzene rings is 1. The number of hydrogen-bond acceptors (Lipinski definition) is 3. The lowest BCUT2D eigenvalue weighted by atomic mass is 10.1. The minimum Gasteiger partial charge on any atom is -0.348 e. The van der Waals surface area contributed by atoms with Crippen LogP contribution in [0, 0.1) is 0 Å². The Morgan fingerprint density at radius 1 is 1.05 bits per heavy atom. The molecule has 1 aliphatic rings. The second-order valence-corrected chi connectivity index (χ2v) is 5.40. The number of carbonyl (C=O) groups is 1. The molecule has 0 radical (unpaired) electrons. The number of rotatable bonds is 2. The second-order valence-electron chi connectivity index (χ2n) is 5.40. The SMILES string of the molecule is O=C(NC1CCCCCC1)c1ncnc2ccccc12. The van der Waals surface area contributed by atoms with Crippen molar-refractivity contribution in [1.29, 1.82) is 0 Å². The van der Waals surface area contributed by atoms with Gasteiger partial charge in [0, 0.05) is 11.4 Å². The van der Waals surface area contributed by atoms with Gasteiger partial charge in [0.2, 0.25) is 0 Å². The number of fused-ring (bicyclic) bond motifs is 1. The third kappa shape index (κ3) is 2.79. The molecule has 0 spiro atoms. The van der Waals surface area contributed by atoms with E-state index >= 15 is 0 Å². The highest BCUT2D eigenvalue weighted by molar-refractivity contribution is 6.04. The number of nitrogens with zero attached hydrogens (tertiary/aromatic N) is 2. The maximum absolute atomic E-state index is 12.4. The van der Waals surface area contributed by atoms with Crippen molar-refractivity contribution in [3.05, 3.63) is 36.3 Å². The van der Waals surface area contributed by atoms with Crippen LogP contribution in [0.25, 0.3) is 10.9 Å². The first-order valence-electron chi connectivity index (χ1n) is 7.35. The number of hydrogen-bond donors (Lipinski definition) is 1. The van der Waals surface area contributed by atoms with E-state index in [1.54, 1.807) is 0 Å².